The normalized spacial score (nSPS) is 9.87. The van der Waals surface area contributed by atoms with Crippen LogP contribution < -0.4 is 24.8 Å². The van der Waals surface area contributed by atoms with Gasteiger partial charge in [0.15, 0.2) is 16.6 Å². The molecule has 5 nitrogen and oxygen atoms in total. The number of hydrogen-bond donors (Lipinski definition) is 2. The molecule has 0 unspecified atom stereocenters. The third-order valence-electron chi connectivity index (χ3n) is 3.25. The van der Waals surface area contributed by atoms with Gasteiger partial charge in [0, 0.05) is 18.3 Å². The van der Waals surface area contributed by atoms with Crippen LogP contribution in [0, 0.1) is 0 Å². The molecule has 0 aliphatic heterocycles. The highest BCUT2D eigenvalue weighted by Crippen LogP contribution is 2.29. The van der Waals surface area contributed by atoms with Crippen LogP contribution >= 0.6 is 12.2 Å². The van der Waals surface area contributed by atoms with E-state index in [0.29, 0.717) is 23.2 Å². The number of rotatable bonds is 6. The average Bonchev–Trinajstić information content (AvgIpc) is 2.60. The summed E-state index contributed by atoms with van der Waals surface area (Å²) in [5.41, 5.74) is 1.94. The number of hydrogen-bond acceptors (Lipinski definition) is 4. The summed E-state index contributed by atoms with van der Waals surface area (Å²) in [5, 5.41) is 6.81. The first kappa shape index (κ1) is 16.9. The predicted octanol–water partition coefficient (Wildman–Crippen LogP) is 3.20. The summed E-state index contributed by atoms with van der Waals surface area (Å²) >= 11 is 5.31. The van der Waals surface area contributed by atoms with E-state index < -0.39 is 0 Å². The molecule has 0 radical (unpaired) electrons. The number of thiocarbonyl (C=S) groups is 1. The second kappa shape index (κ2) is 8.24. The van der Waals surface area contributed by atoms with Crippen molar-refractivity contribution < 1.29 is 14.2 Å². The summed E-state index contributed by atoms with van der Waals surface area (Å²) in [6.07, 6.45) is 0. The molecule has 0 spiro atoms. The van der Waals surface area contributed by atoms with E-state index in [-0.39, 0.29) is 0 Å². The molecule has 0 aromatic heterocycles. The molecule has 6 heteroatoms. The van der Waals surface area contributed by atoms with Gasteiger partial charge >= 0.3 is 0 Å². The highest BCUT2D eigenvalue weighted by molar-refractivity contribution is 7.80. The van der Waals surface area contributed by atoms with Gasteiger partial charge in [-0.1, -0.05) is 12.1 Å². The first-order chi connectivity index (χ1) is 11.2. The van der Waals surface area contributed by atoms with Gasteiger partial charge in [-0.25, -0.2) is 0 Å². The van der Waals surface area contributed by atoms with Gasteiger partial charge in [0.05, 0.1) is 21.3 Å². The lowest BCUT2D eigenvalue weighted by molar-refractivity contribution is 0.355. The minimum absolute atomic E-state index is 0.535. The summed E-state index contributed by atoms with van der Waals surface area (Å²) in [6, 6.07) is 13.4. The van der Waals surface area contributed by atoms with Crippen LogP contribution in [0.25, 0.3) is 0 Å². The number of nitrogens with one attached hydrogen (secondary N) is 2. The molecule has 0 saturated heterocycles. The van der Waals surface area contributed by atoms with Crippen molar-refractivity contribution in [2.24, 2.45) is 0 Å². The third kappa shape index (κ3) is 4.75. The molecule has 2 N–H and O–H groups in total. The molecule has 0 bridgehead atoms. The van der Waals surface area contributed by atoms with Crippen molar-refractivity contribution in [2.75, 3.05) is 26.6 Å². The number of anilines is 1. The maximum absolute atomic E-state index is 5.31. The molecular weight excluding hydrogens is 312 g/mol. The molecule has 122 valence electrons. The van der Waals surface area contributed by atoms with Crippen molar-refractivity contribution >= 4 is 23.0 Å². The summed E-state index contributed by atoms with van der Waals surface area (Å²) in [6.45, 7) is 0.628. The van der Waals surface area contributed by atoms with Crippen molar-refractivity contribution in [1.29, 1.82) is 0 Å². The molecule has 2 aromatic carbocycles. The SMILES string of the molecule is COc1ccc(CNC(=S)Nc2ccc(OC)c(OC)c2)cc1. The van der Waals surface area contributed by atoms with Crippen LogP contribution in [0.1, 0.15) is 5.56 Å². The maximum Gasteiger partial charge on any atom is 0.171 e. The van der Waals surface area contributed by atoms with Gasteiger partial charge in [0.25, 0.3) is 0 Å². The molecule has 23 heavy (non-hydrogen) atoms. The lowest BCUT2D eigenvalue weighted by atomic mass is 10.2. The smallest absolute Gasteiger partial charge is 0.171 e. The van der Waals surface area contributed by atoms with Gasteiger partial charge in [-0.15, -0.1) is 0 Å². The Labute approximate surface area is 141 Å². The van der Waals surface area contributed by atoms with Gasteiger partial charge in [-0.05, 0) is 42.0 Å². The van der Waals surface area contributed by atoms with E-state index in [1.165, 1.54) is 0 Å². The van der Waals surface area contributed by atoms with Crippen molar-refractivity contribution in [3.05, 3.63) is 48.0 Å². The molecule has 0 aliphatic rings. The lowest BCUT2D eigenvalue weighted by Crippen LogP contribution is -2.27. The lowest BCUT2D eigenvalue weighted by Gasteiger charge is -2.13. The van der Waals surface area contributed by atoms with Crippen molar-refractivity contribution in [1.82, 2.24) is 5.32 Å². The zero-order valence-electron chi connectivity index (χ0n) is 13.4. The zero-order chi connectivity index (χ0) is 16.7. The number of ether oxygens (including phenoxy) is 3. The average molecular weight is 332 g/mol. The Morgan fingerprint density at radius 1 is 0.913 bits per heavy atom. The fraction of sp³-hybridized carbons (Fsp3) is 0.235. The van der Waals surface area contributed by atoms with E-state index in [0.717, 1.165) is 17.0 Å². The Morgan fingerprint density at radius 3 is 2.22 bits per heavy atom. The molecule has 2 rings (SSSR count). The first-order valence-electron chi connectivity index (χ1n) is 7.06. The van der Waals surface area contributed by atoms with Gasteiger partial charge in [0.2, 0.25) is 0 Å². The van der Waals surface area contributed by atoms with E-state index in [1.807, 2.05) is 42.5 Å². The summed E-state index contributed by atoms with van der Waals surface area (Å²) in [5.74, 6) is 2.16. The number of benzene rings is 2. The van der Waals surface area contributed by atoms with Crippen LogP contribution in [0.15, 0.2) is 42.5 Å². The third-order valence-corrected chi connectivity index (χ3v) is 3.50. The van der Waals surface area contributed by atoms with Crippen molar-refractivity contribution in [3.8, 4) is 17.2 Å². The molecule has 0 atom stereocenters. The monoisotopic (exact) mass is 332 g/mol. The molecule has 0 heterocycles. The van der Waals surface area contributed by atoms with Crippen molar-refractivity contribution in [3.63, 3.8) is 0 Å². The van der Waals surface area contributed by atoms with E-state index in [4.69, 9.17) is 26.4 Å². The highest BCUT2D eigenvalue weighted by atomic mass is 32.1. The van der Waals surface area contributed by atoms with Crippen LogP contribution in [-0.4, -0.2) is 26.4 Å². The minimum Gasteiger partial charge on any atom is -0.497 e. The van der Waals surface area contributed by atoms with Crippen LogP contribution in [0.5, 0.6) is 17.2 Å². The second-order valence-electron chi connectivity index (χ2n) is 4.73. The predicted molar refractivity (Wildman–Crippen MR) is 95.6 cm³/mol. The molecule has 0 saturated carbocycles. The van der Waals surface area contributed by atoms with E-state index in [1.54, 1.807) is 21.3 Å². The Morgan fingerprint density at radius 2 is 1.61 bits per heavy atom. The molecular formula is C17H20N2O3S. The molecule has 0 aliphatic carbocycles. The standard InChI is InChI=1S/C17H20N2O3S/c1-20-14-7-4-12(5-8-14)11-18-17(23)19-13-6-9-15(21-2)16(10-13)22-3/h4-10H,11H2,1-3H3,(H2,18,19,23). The van der Waals surface area contributed by atoms with Gasteiger partial charge < -0.3 is 24.8 Å². The summed E-state index contributed by atoms with van der Waals surface area (Å²) < 4.78 is 15.6. The fourth-order valence-electron chi connectivity index (χ4n) is 2.01. The van der Waals surface area contributed by atoms with Crippen LogP contribution in [0.2, 0.25) is 0 Å². The highest BCUT2D eigenvalue weighted by Gasteiger charge is 2.05. The van der Waals surface area contributed by atoms with Gasteiger partial charge in [-0.2, -0.15) is 0 Å². The Balaban J connectivity index is 1.91. The molecule has 0 fully saturated rings. The van der Waals surface area contributed by atoms with Gasteiger partial charge in [-0.3, -0.25) is 0 Å². The Bertz CT molecular complexity index is 659. The van der Waals surface area contributed by atoms with E-state index in [9.17, 15) is 0 Å². The molecule has 2 aromatic rings. The fourth-order valence-corrected chi connectivity index (χ4v) is 2.21. The maximum atomic E-state index is 5.31. The first-order valence-corrected chi connectivity index (χ1v) is 7.47. The van der Waals surface area contributed by atoms with Crippen LogP contribution in [0.4, 0.5) is 5.69 Å². The van der Waals surface area contributed by atoms with Gasteiger partial charge in [0.1, 0.15) is 5.75 Å². The zero-order valence-corrected chi connectivity index (χ0v) is 14.2. The Hall–Kier alpha value is -2.47. The minimum atomic E-state index is 0.535. The van der Waals surface area contributed by atoms with E-state index >= 15 is 0 Å². The van der Waals surface area contributed by atoms with Crippen molar-refractivity contribution in [2.45, 2.75) is 6.54 Å². The summed E-state index contributed by atoms with van der Waals surface area (Å²) in [4.78, 5) is 0. The topological polar surface area (TPSA) is 51.8 Å². The van der Waals surface area contributed by atoms with Crippen LogP contribution in [-0.2, 0) is 6.54 Å². The van der Waals surface area contributed by atoms with Crippen LogP contribution in [0.3, 0.4) is 0 Å². The largest absolute Gasteiger partial charge is 0.497 e. The summed E-state index contributed by atoms with van der Waals surface area (Å²) in [7, 11) is 4.85. The quantitative estimate of drug-likeness (QED) is 0.792. The second-order valence-corrected chi connectivity index (χ2v) is 5.13. The van der Waals surface area contributed by atoms with E-state index in [2.05, 4.69) is 10.6 Å². The molecule has 0 amide bonds. The number of methoxy groups -OCH3 is 3. The Kier molecular flexibility index (Phi) is 6.05.